The summed E-state index contributed by atoms with van der Waals surface area (Å²) in [7, 11) is 0. The normalized spacial score (nSPS) is 9.73. The van der Waals surface area contributed by atoms with Crippen LogP contribution < -0.4 is 0 Å². The van der Waals surface area contributed by atoms with Crippen LogP contribution in [0.3, 0.4) is 0 Å². The zero-order valence-corrected chi connectivity index (χ0v) is 6.61. The van der Waals surface area contributed by atoms with Crippen LogP contribution in [-0.2, 0) is 0 Å². The van der Waals surface area contributed by atoms with E-state index >= 15 is 0 Å². The van der Waals surface area contributed by atoms with Gasteiger partial charge in [0.05, 0.1) is 0 Å². The second kappa shape index (κ2) is 2.41. The maximum absolute atomic E-state index is 5.25. The van der Waals surface area contributed by atoms with Gasteiger partial charge in [-0.3, -0.25) is 0 Å². The molecule has 0 aliphatic rings. The Morgan fingerprint density at radius 2 is 2.36 bits per heavy atom. The van der Waals surface area contributed by atoms with E-state index in [1.54, 1.807) is 11.3 Å². The number of rotatable bonds is 0. The summed E-state index contributed by atoms with van der Waals surface area (Å²) >= 11 is 1.68. The standard InChI is InChI=1S/C10H5S/c1-2-8-3-4-10-9(7-8)5-6-11-10/h1,3-4,6-7H. The van der Waals surface area contributed by atoms with Gasteiger partial charge >= 0.3 is 0 Å². The summed E-state index contributed by atoms with van der Waals surface area (Å²) in [6, 6.07) is 9.08. The third kappa shape index (κ3) is 1.02. The van der Waals surface area contributed by atoms with Crippen LogP contribution in [0, 0.1) is 18.4 Å². The Morgan fingerprint density at radius 3 is 3.18 bits per heavy atom. The average Bonchev–Trinajstić information content (AvgIpc) is 2.50. The third-order valence-corrected chi connectivity index (χ3v) is 2.39. The lowest BCUT2D eigenvalue weighted by Crippen LogP contribution is -1.70. The fourth-order valence-electron chi connectivity index (χ4n) is 0.992. The smallest absolute Gasteiger partial charge is 0.0350 e. The molecule has 0 aliphatic heterocycles. The first kappa shape index (κ1) is 6.45. The summed E-state index contributed by atoms with van der Waals surface area (Å²) in [5, 5.41) is 3.07. The quantitative estimate of drug-likeness (QED) is 0.516. The maximum atomic E-state index is 5.25. The van der Waals surface area contributed by atoms with Crippen molar-refractivity contribution in [2.24, 2.45) is 0 Å². The fraction of sp³-hybridized carbons (Fsp3) is 0. The molecule has 2 aromatic rings. The molecule has 0 N–H and O–H groups in total. The number of benzene rings is 1. The van der Waals surface area contributed by atoms with Gasteiger partial charge in [-0.1, -0.05) is 5.92 Å². The number of fused-ring (bicyclic) bond motifs is 1. The summed E-state index contributed by atoms with van der Waals surface area (Å²) in [5.41, 5.74) is 0.923. The Labute approximate surface area is 69.5 Å². The predicted octanol–water partition coefficient (Wildman–Crippen LogP) is 2.68. The molecule has 0 saturated heterocycles. The van der Waals surface area contributed by atoms with Crippen LogP contribution in [0.1, 0.15) is 5.56 Å². The van der Waals surface area contributed by atoms with E-state index in [1.165, 1.54) is 4.70 Å². The number of hydrogen-bond acceptors (Lipinski definition) is 1. The van der Waals surface area contributed by atoms with E-state index in [1.807, 2.05) is 23.6 Å². The van der Waals surface area contributed by atoms with Crippen molar-refractivity contribution in [1.82, 2.24) is 0 Å². The zero-order chi connectivity index (χ0) is 7.68. The molecule has 2 rings (SSSR count). The Balaban J connectivity index is 2.79. The molecule has 1 radical (unpaired) electrons. The van der Waals surface area contributed by atoms with Gasteiger partial charge in [0.2, 0.25) is 0 Å². The van der Waals surface area contributed by atoms with Gasteiger partial charge in [-0.15, -0.1) is 17.8 Å². The van der Waals surface area contributed by atoms with Crippen molar-refractivity contribution in [2.45, 2.75) is 0 Å². The minimum absolute atomic E-state index is 0.923. The van der Waals surface area contributed by atoms with Crippen LogP contribution in [0.5, 0.6) is 0 Å². The molecule has 0 saturated carbocycles. The molecule has 0 fully saturated rings. The van der Waals surface area contributed by atoms with Crippen molar-refractivity contribution in [3.8, 4) is 12.3 Å². The number of thiophene rings is 1. The largest absolute Gasteiger partial charge is 0.143 e. The van der Waals surface area contributed by atoms with Crippen molar-refractivity contribution in [3.05, 3.63) is 35.2 Å². The van der Waals surface area contributed by atoms with E-state index in [-0.39, 0.29) is 0 Å². The van der Waals surface area contributed by atoms with Gasteiger partial charge in [0.25, 0.3) is 0 Å². The van der Waals surface area contributed by atoms with Crippen molar-refractivity contribution >= 4 is 21.4 Å². The lowest BCUT2D eigenvalue weighted by Gasteiger charge is -1.89. The molecule has 0 nitrogen and oxygen atoms in total. The third-order valence-electron chi connectivity index (χ3n) is 1.55. The molecule has 1 heterocycles. The summed E-state index contributed by atoms with van der Waals surface area (Å²) in [6.07, 6.45) is 5.25. The second-order valence-corrected chi connectivity index (χ2v) is 3.15. The van der Waals surface area contributed by atoms with Crippen LogP contribution >= 0.6 is 11.3 Å². The van der Waals surface area contributed by atoms with Crippen LogP contribution in [-0.4, -0.2) is 0 Å². The second-order valence-electron chi connectivity index (χ2n) is 2.24. The Morgan fingerprint density at radius 1 is 1.45 bits per heavy atom. The molecule has 1 aromatic heterocycles. The minimum Gasteiger partial charge on any atom is -0.143 e. The lowest BCUT2D eigenvalue weighted by atomic mass is 10.2. The first-order valence-corrected chi connectivity index (χ1v) is 4.13. The van der Waals surface area contributed by atoms with Crippen LogP contribution in [0.15, 0.2) is 23.6 Å². The predicted molar refractivity (Wildman–Crippen MR) is 48.6 cm³/mol. The highest BCUT2D eigenvalue weighted by atomic mass is 32.1. The van der Waals surface area contributed by atoms with Crippen molar-refractivity contribution in [2.75, 3.05) is 0 Å². The van der Waals surface area contributed by atoms with Gasteiger partial charge in [-0.25, -0.2) is 0 Å². The molecule has 0 amide bonds. The summed E-state index contributed by atoms with van der Waals surface area (Å²) in [5.74, 6) is 2.59. The monoisotopic (exact) mass is 157 g/mol. The summed E-state index contributed by atoms with van der Waals surface area (Å²) < 4.78 is 1.24. The van der Waals surface area contributed by atoms with E-state index in [0.717, 1.165) is 10.9 Å². The highest BCUT2D eigenvalue weighted by molar-refractivity contribution is 7.17. The minimum atomic E-state index is 0.923. The Hall–Kier alpha value is -1.26. The highest BCUT2D eigenvalue weighted by Gasteiger charge is 1.94. The van der Waals surface area contributed by atoms with Crippen molar-refractivity contribution in [1.29, 1.82) is 0 Å². The molecule has 51 valence electrons. The Kier molecular flexibility index (Phi) is 1.41. The summed E-state index contributed by atoms with van der Waals surface area (Å²) in [4.78, 5) is 0. The van der Waals surface area contributed by atoms with E-state index in [4.69, 9.17) is 6.42 Å². The van der Waals surface area contributed by atoms with E-state index in [0.29, 0.717) is 0 Å². The summed E-state index contributed by atoms with van der Waals surface area (Å²) in [6.45, 7) is 0. The Bertz CT molecular complexity index is 418. The van der Waals surface area contributed by atoms with Gasteiger partial charge in [-0.05, 0) is 23.6 Å². The zero-order valence-electron chi connectivity index (χ0n) is 5.79. The lowest BCUT2D eigenvalue weighted by molar-refractivity contribution is 1.75. The molecule has 1 aromatic carbocycles. The van der Waals surface area contributed by atoms with Gasteiger partial charge in [-0.2, -0.15) is 0 Å². The molecule has 0 unspecified atom stereocenters. The first-order valence-electron chi connectivity index (χ1n) is 3.26. The van der Waals surface area contributed by atoms with E-state index in [9.17, 15) is 0 Å². The van der Waals surface area contributed by atoms with E-state index in [2.05, 4.69) is 12.0 Å². The molecule has 0 atom stereocenters. The van der Waals surface area contributed by atoms with E-state index < -0.39 is 0 Å². The van der Waals surface area contributed by atoms with Gasteiger partial charge in [0.1, 0.15) is 0 Å². The van der Waals surface area contributed by atoms with Crippen LogP contribution in [0.4, 0.5) is 0 Å². The van der Waals surface area contributed by atoms with Gasteiger partial charge < -0.3 is 0 Å². The molecule has 11 heavy (non-hydrogen) atoms. The average molecular weight is 157 g/mol. The first-order chi connectivity index (χ1) is 5.40. The number of hydrogen-bond donors (Lipinski definition) is 0. The molecule has 1 heteroatoms. The molecule has 0 bridgehead atoms. The fourth-order valence-corrected chi connectivity index (χ4v) is 1.70. The topological polar surface area (TPSA) is 0 Å². The van der Waals surface area contributed by atoms with Crippen molar-refractivity contribution < 1.29 is 0 Å². The van der Waals surface area contributed by atoms with Gasteiger partial charge in [0, 0.05) is 21.7 Å². The highest BCUT2D eigenvalue weighted by Crippen LogP contribution is 2.20. The van der Waals surface area contributed by atoms with Crippen LogP contribution in [0.2, 0.25) is 0 Å². The maximum Gasteiger partial charge on any atom is 0.0350 e. The SMILES string of the molecule is C#Cc1ccc2sc[c]c2c1. The molecular formula is C10H5S. The molecule has 0 aliphatic carbocycles. The van der Waals surface area contributed by atoms with Gasteiger partial charge in [0.15, 0.2) is 0 Å². The number of terminal acetylenes is 1. The van der Waals surface area contributed by atoms with Crippen molar-refractivity contribution in [3.63, 3.8) is 0 Å². The molecule has 0 spiro atoms. The molecular weight excluding hydrogens is 152 g/mol. The van der Waals surface area contributed by atoms with Crippen LogP contribution in [0.25, 0.3) is 10.1 Å².